The lowest BCUT2D eigenvalue weighted by molar-refractivity contribution is 0.309. The van der Waals surface area contributed by atoms with E-state index in [4.69, 9.17) is 0 Å². The maximum Gasteiger partial charge on any atom is -0.0297 e. The third-order valence-corrected chi connectivity index (χ3v) is 3.33. The van der Waals surface area contributed by atoms with Gasteiger partial charge in [-0.2, -0.15) is 0 Å². The molecule has 0 heteroatoms. The highest BCUT2D eigenvalue weighted by Crippen LogP contribution is 2.50. The van der Waals surface area contributed by atoms with Crippen molar-refractivity contribution in [3.05, 3.63) is 0 Å². The van der Waals surface area contributed by atoms with E-state index in [1.165, 1.54) is 25.7 Å². The molecule has 0 nitrogen and oxygen atoms in total. The molecule has 2 saturated carbocycles. The van der Waals surface area contributed by atoms with Gasteiger partial charge < -0.3 is 0 Å². The summed E-state index contributed by atoms with van der Waals surface area (Å²) in [6.45, 7) is 8.00. The minimum Gasteiger partial charge on any atom is -0.0683 e. The van der Waals surface area contributed by atoms with E-state index in [1.807, 2.05) is 27.7 Å². The van der Waals surface area contributed by atoms with Gasteiger partial charge in [0.2, 0.25) is 0 Å². The van der Waals surface area contributed by atoms with Gasteiger partial charge in [0, 0.05) is 0 Å². The van der Waals surface area contributed by atoms with Crippen molar-refractivity contribution in [2.24, 2.45) is 5.41 Å². The lowest BCUT2D eigenvalue weighted by Crippen LogP contribution is -2.08. The van der Waals surface area contributed by atoms with Gasteiger partial charge in [0.15, 0.2) is 0 Å². The molecule has 0 bridgehead atoms. The monoisotopic (exact) mass is 184 g/mol. The molecule has 0 radical (unpaired) electrons. The first-order valence-electron chi connectivity index (χ1n) is 6.41. The zero-order valence-corrected chi connectivity index (χ0v) is 10.2. The SMILES string of the molecule is C1CCC2(C1)CCCC2.CC.CC. The molecule has 0 aromatic heterocycles. The average Bonchev–Trinajstić information content (AvgIpc) is 2.87. The quantitative estimate of drug-likeness (QED) is 0.487. The Hall–Kier alpha value is 0. The molecule has 2 aliphatic carbocycles. The molecule has 80 valence electrons. The third kappa shape index (κ3) is 3.70. The minimum absolute atomic E-state index is 0.889. The Morgan fingerprint density at radius 2 is 0.769 bits per heavy atom. The maximum absolute atomic E-state index is 2.00. The van der Waals surface area contributed by atoms with Crippen molar-refractivity contribution >= 4 is 0 Å². The smallest absolute Gasteiger partial charge is 0.0297 e. The van der Waals surface area contributed by atoms with E-state index in [-0.39, 0.29) is 0 Å². The Kier molecular flexibility index (Phi) is 7.41. The van der Waals surface area contributed by atoms with Crippen molar-refractivity contribution in [1.29, 1.82) is 0 Å². The van der Waals surface area contributed by atoms with E-state index in [2.05, 4.69) is 0 Å². The van der Waals surface area contributed by atoms with Gasteiger partial charge in [0.25, 0.3) is 0 Å². The molecule has 2 fully saturated rings. The summed E-state index contributed by atoms with van der Waals surface area (Å²) in [6.07, 6.45) is 12.4. The van der Waals surface area contributed by atoms with E-state index in [0.29, 0.717) is 0 Å². The molecule has 2 rings (SSSR count). The Bertz CT molecular complexity index is 75.1. The van der Waals surface area contributed by atoms with Crippen LogP contribution in [0, 0.1) is 5.41 Å². The van der Waals surface area contributed by atoms with Gasteiger partial charge in [-0.3, -0.25) is 0 Å². The molecule has 0 aromatic rings. The van der Waals surface area contributed by atoms with E-state index >= 15 is 0 Å². The molecule has 1 spiro atoms. The third-order valence-electron chi connectivity index (χ3n) is 3.33. The molecular weight excluding hydrogens is 156 g/mol. The summed E-state index contributed by atoms with van der Waals surface area (Å²) in [5, 5.41) is 0. The standard InChI is InChI=1S/C9H16.2C2H6/c1-2-6-9(5-1)7-3-4-8-9;2*1-2/h1-8H2;2*1-2H3. The summed E-state index contributed by atoms with van der Waals surface area (Å²) in [6, 6.07) is 0. The minimum atomic E-state index is 0.889. The normalized spacial score (nSPS) is 23.1. The van der Waals surface area contributed by atoms with Crippen LogP contribution in [-0.4, -0.2) is 0 Å². The highest BCUT2D eigenvalue weighted by atomic mass is 14.4. The summed E-state index contributed by atoms with van der Waals surface area (Å²) in [4.78, 5) is 0. The predicted molar refractivity (Wildman–Crippen MR) is 62.1 cm³/mol. The molecule has 0 aromatic carbocycles. The van der Waals surface area contributed by atoms with Gasteiger partial charge in [0.05, 0.1) is 0 Å². The summed E-state index contributed by atoms with van der Waals surface area (Å²) in [7, 11) is 0. The van der Waals surface area contributed by atoms with Crippen molar-refractivity contribution in [2.45, 2.75) is 79.1 Å². The van der Waals surface area contributed by atoms with Crippen molar-refractivity contribution in [2.75, 3.05) is 0 Å². The van der Waals surface area contributed by atoms with Gasteiger partial charge in [0.1, 0.15) is 0 Å². The molecule has 13 heavy (non-hydrogen) atoms. The number of hydrogen-bond donors (Lipinski definition) is 0. The zero-order chi connectivity index (χ0) is 10.2. The lowest BCUT2D eigenvalue weighted by atomic mass is 9.85. The van der Waals surface area contributed by atoms with Crippen molar-refractivity contribution in [3.8, 4) is 0 Å². The summed E-state index contributed by atoms with van der Waals surface area (Å²) >= 11 is 0. The second-order valence-corrected chi connectivity index (χ2v) is 3.91. The van der Waals surface area contributed by atoms with Crippen LogP contribution in [0.15, 0.2) is 0 Å². The van der Waals surface area contributed by atoms with Crippen LogP contribution in [0.2, 0.25) is 0 Å². The van der Waals surface area contributed by atoms with Crippen molar-refractivity contribution in [1.82, 2.24) is 0 Å². The first kappa shape index (κ1) is 13.0. The van der Waals surface area contributed by atoms with E-state index in [9.17, 15) is 0 Å². The van der Waals surface area contributed by atoms with Crippen LogP contribution in [0.1, 0.15) is 79.1 Å². The van der Waals surface area contributed by atoms with Crippen LogP contribution in [0.5, 0.6) is 0 Å². The summed E-state index contributed by atoms with van der Waals surface area (Å²) in [5.74, 6) is 0. The number of rotatable bonds is 0. The topological polar surface area (TPSA) is 0 Å². The fraction of sp³-hybridized carbons (Fsp3) is 1.00. The van der Waals surface area contributed by atoms with Gasteiger partial charge >= 0.3 is 0 Å². The van der Waals surface area contributed by atoms with Crippen LogP contribution in [0.25, 0.3) is 0 Å². The Balaban J connectivity index is 0.000000322. The molecule has 0 N–H and O–H groups in total. The van der Waals surface area contributed by atoms with Crippen LogP contribution in [0.3, 0.4) is 0 Å². The van der Waals surface area contributed by atoms with Crippen LogP contribution in [-0.2, 0) is 0 Å². The molecule has 0 unspecified atom stereocenters. The molecule has 0 heterocycles. The van der Waals surface area contributed by atoms with Gasteiger partial charge in [-0.05, 0) is 31.1 Å². The first-order chi connectivity index (χ1) is 6.41. The van der Waals surface area contributed by atoms with Crippen LogP contribution >= 0.6 is 0 Å². The zero-order valence-electron chi connectivity index (χ0n) is 10.2. The van der Waals surface area contributed by atoms with Crippen molar-refractivity contribution < 1.29 is 0 Å². The van der Waals surface area contributed by atoms with E-state index in [1.54, 1.807) is 25.7 Å². The lowest BCUT2D eigenvalue weighted by Gasteiger charge is -2.20. The second-order valence-electron chi connectivity index (χ2n) is 3.91. The summed E-state index contributed by atoms with van der Waals surface area (Å²) in [5.41, 5.74) is 0.889. The Morgan fingerprint density at radius 3 is 1.00 bits per heavy atom. The van der Waals surface area contributed by atoms with E-state index < -0.39 is 0 Å². The average molecular weight is 184 g/mol. The van der Waals surface area contributed by atoms with Gasteiger partial charge in [-0.25, -0.2) is 0 Å². The molecular formula is C13H28. The Labute approximate surface area is 85.1 Å². The van der Waals surface area contributed by atoms with Gasteiger partial charge in [-0.1, -0.05) is 53.4 Å². The maximum atomic E-state index is 2.00. The fourth-order valence-electron chi connectivity index (χ4n) is 2.75. The van der Waals surface area contributed by atoms with Crippen molar-refractivity contribution in [3.63, 3.8) is 0 Å². The Morgan fingerprint density at radius 1 is 0.538 bits per heavy atom. The predicted octanol–water partition coefficient (Wildman–Crippen LogP) is 5.17. The summed E-state index contributed by atoms with van der Waals surface area (Å²) < 4.78 is 0. The molecule has 0 atom stereocenters. The van der Waals surface area contributed by atoms with Crippen LogP contribution < -0.4 is 0 Å². The highest BCUT2D eigenvalue weighted by Gasteiger charge is 2.35. The molecule has 0 amide bonds. The first-order valence-corrected chi connectivity index (χ1v) is 6.41. The largest absolute Gasteiger partial charge is 0.0683 e. The highest BCUT2D eigenvalue weighted by molar-refractivity contribution is 4.88. The molecule has 0 saturated heterocycles. The number of hydrogen-bond acceptors (Lipinski definition) is 0. The van der Waals surface area contributed by atoms with E-state index in [0.717, 1.165) is 5.41 Å². The van der Waals surface area contributed by atoms with Crippen LogP contribution in [0.4, 0.5) is 0 Å². The molecule has 0 aliphatic heterocycles. The fourth-order valence-corrected chi connectivity index (χ4v) is 2.75. The molecule has 2 aliphatic rings. The van der Waals surface area contributed by atoms with Gasteiger partial charge in [-0.15, -0.1) is 0 Å². The second kappa shape index (κ2) is 7.41.